The van der Waals surface area contributed by atoms with Gasteiger partial charge in [0, 0.05) is 17.7 Å². The van der Waals surface area contributed by atoms with Crippen molar-refractivity contribution in [3.63, 3.8) is 0 Å². The highest BCUT2D eigenvalue weighted by atomic mass is 35.5. The number of nitrogens with zero attached hydrogens (tertiary/aromatic N) is 3. The number of nitrogens with one attached hydrogen (secondary N) is 1. The van der Waals surface area contributed by atoms with Crippen molar-refractivity contribution in [2.75, 3.05) is 0 Å². The molecule has 2 aromatic carbocycles. The van der Waals surface area contributed by atoms with E-state index in [4.69, 9.17) is 0 Å². The van der Waals surface area contributed by atoms with Gasteiger partial charge in [0.15, 0.2) is 0 Å². The maximum absolute atomic E-state index is 10.9. The van der Waals surface area contributed by atoms with E-state index in [2.05, 4.69) is 9.97 Å². The van der Waals surface area contributed by atoms with Gasteiger partial charge in [0.1, 0.15) is 17.6 Å². The molecule has 3 rings (SSSR count). The summed E-state index contributed by atoms with van der Waals surface area (Å²) >= 11 is 0. The number of hydrogen-bond donors (Lipinski definition) is 2. The van der Waals surface area contributed by atoms with Gasteiger partial charge in [0.2, 0.25) is 0 Å². The molecule has 0 fully saturated rings. The zero-order valence-corrected chi connectivity index (χ0v) is 13.9. The normalized spacial score (nSPS) is 11.0. The second kappa shape index (κ2) is 7.03. The fraction of sp³-hybridized carbons (Fsp3) is 0.0588. The maximum atomic E-state index is 10.9. The number of aryl methyl sites for hydroxylation is 1. The predicted molar refractivity (Wildman–Crippen MR) is 96.3 cm³/mol. The summed E-state index contributed by atoms with van der Waals surface area (Å²) in [7, 11) is 0. The Balaban J connectivity index is 0.00000225. The molecule has 0 atom stereocenters. The number of nitro groups is 1. The van der Waals surface area contributed by atoms with Crippen LogP contribution in [0.3, 0.4) is 0 Å². The quantitative estimate of drug-likeness (QED) is 0.418. The monoisotopic (exact) mass is 356 g/mol. The molecule has 0 saturated carbocycles. The Labute approximate surface area is 148 Å². The largest absolute Gasteiger partial charge is 0.507 e. The van der Waals surface area contributed by atoms with Crippen LogP contribution >= 0.6 is 12.4 Å². The number of nitriles is 1. The van der Waals surface area contributed by atoms with Gasteiger partial charge in [0.25, 0.3) is 5.69 Å². The van der Waals surface area contributed by atoms with Gasteiger partial charge in [-0.05, 0) is 36.8 Å². The van der Waals surface area contributed by atoms with Crippen LogP contribution in [0.15, 0.2) is 36.4 Å². The number of phenolic OH excluding ortho intramolecular Hbond substituents is 1. The predicted octanol–water partition coefficient (Wildman–Crippen LogP) is 3.97. The van der Waals surface area contributed by atoms with Crippen LogP contribution in [0.5, 0.6) is 5.75 Å². The first kappa shape index (κ1) is 18.0. The molecule has 0 saturated heterocycles. The zero-order valence-electron chi connectivity index (χ0n) is 13.1. The number of aromatic amines is 1. The summed E-state index contributed by atoms with van der Waals surface area (Å²) in [5.74, 6) is 0.185. The summed E-state index contributed by atoms with van der Waals surface area (Å²) in [5, 5.41) is 30.1. The van der Waals surface area contributed by atoms with Crippen LogP contribution in [0.25, 0.3) is 22.7 Å². The SMILES string of the molecule is Cc1ccc2nc(/C(C#N)=C/c3cc([N+](=O)[O-])ccc3O)[nH]c2c1.Cl. The molecule has 0 spiro atoms. The van der Waals surface area contributed by atoms with E-state index >= 15 is 0 Å². The molecule has 0 radical (unpaired) electrons. The number of benzene rings is 2. The number of H-pyrrole nitrogens is 1. The van der Waals surface area contributed by atoms with Gasteiger partial charge < -0.3 is 10.1 Å². The van der Waals surface area contributed by atoms with E-state index in [1.165, 1.54) is 24.3 Å². The van der Waals surface area contributed by atoms with Gasteiger partial charge in [-0.15, -0.1) is 12.4 Å². The molecule has 8 heteroatoms. The highest BCUT2D eigenvalue weighted by molar-refractivity contribution is 5.91. The summed E-state index contributed by atoms with van der Waals surface area (Å²) in [6.07, 6.45) is 1.37. The molecule has 0 bridgehead atoms. The lowest BCUT2D eigenvalue weighted by molar-refractivity contribution is -0.384. The fourth-order valence-corrected chi connectivity index (χ4v) is 2.33. The van der Waals surface area contributed by atoms with Crippen molar-refractivity contribution in [3.05, 3.63) is 63.5 Å². The number of aromatic hydroxyl groups is 1. The molecule has 0 aliphatic heterocycles. The summed E-state index contributed by atoms with van der Waals surface area (Å²) in [6.45, 7) is 1.95. The molecule has 2 N–H and O–H groups in total. The standard InChI is InChI=1S/C17H12N4O3.ClH/c1-10-2-4-14-15(6-10)20-17(19-14)12(9-18)7-11-8-13(21(23)24)3-5-16(11)22;/h2-8,22H,1H3,(H,19,20);1H/b12-7+;. The van der Waals surface area contributed by atoms with E-state index in [0.29, 0.717) is 11.3 Å². The first-order valence-corrected chi connectivity index (χ1v) is 7.04. The van der Waals surface area contributed by atoms with Crippen molar-refractivity contribution in [2.24, 2.45) is 0 Å². The van der Waals surface area contributed by atoms with E-state index in [9.17, 15) is 20.5 Å². The molecule has 25 heavy (non-hydrogen) atoms. The lowest BCUT2D eigenvalue weighted by atomic mass is 10.1. The third-order valence-corrected chi connectivity index (χ3v) is 3.53. The van der Waals surface area contributed by atoms with E-state index in [-0.39, 0.29) is 35.0 Å². The molecule has 7 nitrogen and oxygen atoms in total. The average Bonchev–Trinajstić information content (AvgIpc) is 2.96. The highest BCUT2D eigenvalue weighted by Gasteiger charge is 2.12. The lowest BCUT2D eigenvalue weighted by Gasteiger charge is -2.00. The molecule has 3 aromatic rings. The average molecular weight is 357 g/mol. The van der Waals surface area contributed by atoms with Crippen LogP contribution in [0, 0.1) is 28.4 Å². The fourth-order valence-electron chi connectivity index (χ4n) is 2.33. The van der Waals surface area contributed by atoms with Crippen LogP contribution in [0.2, 0.25) is 0 Å². The smallest absolute Gasteiger partial charge is 0.270 e. The Bertz CT molecular complexity index is 1030. The lowest BCUT2D eigenvalue weighted by Crippen LogP contribution is -1.89. The minimum absolute atomic E-state index is 0. The molecule has 1 aromatic heterocycles. The van der Waals surface area contributed by atoms with Crippen LogP contribution < -0.4 is 0 Å². The summed E-state index contributed by atoms with van der Waals surface area (Å²) in [4.78, 5) is 17.7. The second-order valence-electron chi connectivity index (χ2n) is 5.28. The van der Waals surface area contributed by atoms with Gasteiger partial charge in [-0.1, -0.05) is 6.07 Å². The van der Waals surface area contributed by atoms with Gasteiger partial charge in [-0.2, -0.15) is 5.26 Å². The summed E-state index contributed by atoms with van der Waals surface area (Å²) < 4.78 is 0. The maximum Gasteiger partial charge on any atom is 0.270 e. The van der Waals surface area contributed by atoms with Gasteiger partial charge in [-0.25, -0.2) is 4.98 Å². The van der Waals surface area contributed by atoms with Crippen molar-refractivity contribution in [1.82, 2.24) is 9.97 Å². The molecule has 1 heterocycles. The molecule has 0 aliphatic rings. The second-order valence-corrected chi connectivity index (χ2v) is 5.28. The molecule has 126 valence electrons. The summed E-state index contributed by atoms with van der Waals surface area (Å²) in [6, 6.07) is 11.3. The molecule has 0 amide bonds. The number of allylic oxidation sites excluding steroid dienone is 1. The van der Waals surface area contributed by atoms with Crippen LogP contribution in [0.4, 0.5) is 5.69 Å². The minimum atomic E-state index is -0.563. The molecular weight excluding hydrogens is 344 g/mol. The number of imidazole rings is 1. The van der Waals surface area contributed by atoms with Crippen molar-refractivity contribution in [2.45, 2.75) is 6.92 Å². The van der Waals surface area contributed by atoms with Crippen LogP contribution in [-0.4, -0.2) is 20.0 Å². The van der Waals surface area contributed by atoms with Gasteiger partial charge in [-0.3, -0.25) is 10.1 Å². The number of nitro benzene ring substituents is 1. The first-order chi connectivity index (χ1) is 11.5. The number of phenols is 1. The number of halogens is 1. The van der Waals surface area contributed by atoms with E-state index in [1.807, 2.05) is 31.2 Å². The Kier molecular flexibility index (Phi) is 5.05. The number of non-ortho nitro benzene ring substituents is 1. The number of aromatic nitrogens is 2. The van der Waals surface area contributed by atoms with Gasteiger partial charge in [0.05, 0.1) is 21.5 Å². The zero-order chi connectivity index (χ0) is 17.3. The van der Waals surface area contributed by atoms with E-state index in [0.717, 1.165) is 11.1 Å². The molecular formula is C17H13ClN4O3. The first-order valence-electron chi connectivity index (χ1n) is 7.04. The van der Waals surface area contributed by atoms with Crippen molar-refractivity contribution < 1.29 is 10.0 Å². The highest BCUT2D eigenvalue weighted by Crippen LogP contribution is 2.27. The van der Waals surface area contributed by atoms with Crippen LogP contribution in [0.1, 0.15) is 17.0 Å². The Morgan fingerprint density at radius 2 is 2.12 bits per heavy atom. The topological polar surface area (TPSA) is 116 Å². The Hall–Kier alpha value is -3.37. The third kappa shape index (κ3) is 3.59. The molecule has 0 unspecified atom stereocenters. The molecule has 0 aliphatic carbocycles. The number of fused-ring (bicyclic) bond motifs is 1. The Morgan fingerprint density at radius 1 is 1.36 bits per heavy atom. The van der Waals surface area contributed by atoms with Crippen LogP contribution in [-0.2, 0) is 0 Å². The third-order valence-electron chi connectivity index (χ3n) is 3.53. The van der Waals surface area contributed by atoms with Crippen molar-refractivity contribution in [1.29, 1.82) is 5.26 Å². The number of rotatable bonds is 3. The minimum Gasteiger partial charge on any atom is -0.507 e. The van der Waals surface area contributed by atoms with E-state index < -0.39 is 4.92 Å². The van der Waals surface area contributed by atoms with Gasteiger partial charge >= 0.3 is 0 Å². The van der Waals surface area contributed by atoms with Crippen molar-refractivity contribution >= 4 is 40.8 Å². The van der Waals surface area contributed by atoms with E-state index in [1.54, 1.807) is 0 Å². The summed E-state index contributed by atoms with van der Waals surface area (Å²) in [5.41, 5.74) is 2.72. The van der Waals surface area contributed by atoms with Crippen molar-refractivity contribution in [3.8, 4) is 11.8 Å². The Morgan fingerprint density at radius 3 is 2.80 bits per heavy atom. The number of hydrogen-bond acceptors (Lipinski definition) is 5.